The van der Waals surface area contributed by atoms with Crippen LogP contribution in [0, 0.1) is 10.1 Å². The molecule has 0 saturated carbocycles. The smallest absolute Gasteiger partial charge is 0.292 e. The standard InChI is InChI=1S/C13H17N3O3/c1-2-3-4-5-8-9-6-12(16(18)19)10(14)7-11(9)15-13(8)17/h6-8H,2-5,14H2,1H3,(H,15,17). The van der Waals surface area contributed by atoms with Crippen LogP contribution in [0.4, 0.5) is 17.1 Å². The zero-order valence-corrected chi connectivity index (χ0v) is 10.8. The molecule has 1 unspecified atom stereocenters. The predicted octanol–water partition coefficient (Wildman–Crippen LogP) is 2.79. The molecular formula is C13H17N3O3. The average molecular weight is 263 g/mol. The molecule has 19 heavy (non-hydrogen) atoms. The minimum atomic E-state index is -0.512. The number of hydrogen-bond acceptors (Lipinski definition) is 4. The number of benzene rings is 1. The molecule has 1 aromatic rings. The largest absolute Gasteiger partial charge is 0.393 e. The second-order valence-corrected chi connectivity index (χ2v) is 4.79. The lowest BCUT2D eigenvalue weighted by Gasteiger charge is -2.08. The van der Waals surface area contributed by atoms with Crippen LogP contribution in [0.3, 0.4) is 0 Å². The number of carbonyl (C=O) groups is 1. The molecule has 0 aromatic heterocycles. The van der Waals surface area contributed by atoms with Crippen molar-refractivity contribution < 1.29 is 9.72 Å². The third-order valence-corrected chi connectivity index (χ3v) is 3.44. The lowest BCUT2D eigenvalue weighted by atomic mass is 9.94. The Hall–Kier alpha value is -2.11. The lowest BCUT2D eigenvalue weighted by molar-refractivity contribution is -0.383. The molecule has 6 heteroatoms. The van der Waals surface area contributed by atoms with Gasteiger partial charge >= 0.3 is 0 Å². The van der Waals surface area contributed by atoms with Crippen LogP contribution in [0.1, 0.15) is 44.1 Å². The fraction of sp³-hybridized carbons (Fsp3) is 0.462. The fourth-order valence-electron chi connectivity index (χ4n) is 2.42. The van der Waals surface area contributed by atoms with Gasteiger partial charge in [0.25, 0.3) is 5.69 Å². The van der Waals surface area contributed by atoms with Crippen LogP contribution < -0.4 is 11.1 Å². The molecule has 1 aromatic carbocycles. The Morgan fingerprint density at radius 2 is 2.16 bits per heavy atom. The second kappa shape index (κ2) is 5.26. The van der Waals surface area contributed by atoms with Gasteiger partial charge in [0.1, 0.15) is 5.69 Å². The molecular weight excluding hydrogens is 246 g/mol. The van der Waals surface area contributed by atoms with Crippen molar-refractivity contribution in [2.24, 2.45) is 0 Å². The number of nitrogens with zero attached hydrogens (tertiary/aromatic N) is 1. The minimum absolute atomic E-state index is 0.0817. The number of anilines is 2. The lowest BCUT2D eigenvalue weighted by Crippen LogP contribution is -2.11. The van der Waals surface area contributed by atoms with Gasteiger partial charge in [0, 0.05) is 11.8 Å². The normalized spacial score (nSPS) is 17.1. The average Bonchev–Trinajstić information content (AvgIpc) is 2.64. The van der Waals surface area contributed by atoms with Crippen LogP contribution in [0.25, 0.3) is 0 Å². The third-order valence-electron chi connectivity index (χ3n) is 3.44. The number of fused-ring (bicyclic) bond motifs is 1. The highest BCUT2D eigenvalue weighted by atomic mass is 16.6. The minimum Gasteiger partial charge on any atom is -0.393 e. The van der Waals surface area contributed by atoms with Crippen LogP contribution in [-0.2, 0) is 4.79 Å². The van der Waals surface area contributed by atoms with E-state index in [1.807, 2.05) is 0 Å². The van der Waals surface area contributed by atoms with E-state index in [-0.39, 0.29) is 23.2 Å². The van der Waals surface area contributed by atoms with E-state index >= 15 is 0 Å². The van der Waals surface area contributed by atoms with E-state index in [0.717, 1.165) is 19.3 Å². The van der Waals surface area contributed by atoms with Gasteiger partial charge in [-0.3, -0.25) is 14.9 Å². The molecule has 0 radical (unpaired) electrons. The highest BCUT2D eigenvalue weighted by Gasteiger charge is 2.32. The van der Waals surface area contributed by atoms with Gasteiger partial charge in [-0.15, -0.1) is 0 Å². The summed E-state index contributed by atoms with van der Waals surface area (Å²) in [4.78, 5) is 22.3. The topological polar surface area (TPSA) is 98.3 Å². The molecule has 0 spiro atoms. The first-order chi connectivity index (χ1) is 9.04. The molecule has 102 valence electrons. The number of nitrogens with two attached hydrogens (primary N) is 1. The Balaban J connectivity index is 2.30. The van der Waals surface area contributed by atoms with Gasteiger partial charge in [-0.2, -0.15) is 0 Å². The summed E-state index contributed by atoms with van der Waals surface area (Å²) in [5, 5.41) is 13.6. The molecule has 1 amide bonds. The summed E-state index contributed by atoms with van der Waals surface area (Å²) >= 11 is 0. The molecule has 1 aliphatic rings. The summed E-state index contributed by atoms with van der Waals surface area (Å²) in [7, 11) is 0. The number of nitrogen functional groups attached to an aromatic ring is 1. The maximum absolute atomic E-state index is 11.9. The molecule has 2 rings (SSSR count). The third kappa shape index (κ3) is 2.52. The molecule has 1 heterocycles. The van der Waals surface area contributed by atoms with E-state index in [2.05, 4.69) is 12.2 Å². The first-order valence-electron chi connectivity index (χ1n) is 6.43. The number of rotatable bonds is 5. The van der Waals surface area contributed by atoms with Crippen molar-refractivity contribution in [1.82, 2.24) is 0 Å². The van der Waals surface area contributed by atoms with E-state index in [0.29, 0.717) is 17.7 Å². The Labute approximate surface area is 111 Å². The van der Waals surface area contributed by atoms with E-state index < -0.39 is 4.92 Å². The van der Waals surface area contributed by atoms with Crippen molar-refractivity contribution in [3.63, 3.8) is 0 Å². The van der Waals surface area contributed by atoms with E-state index in [1.165, 1.54) is 12.1 Å². The fourth-order valence-corrected chi connectivity index (χ4v) is 2.42. The predicted molar refractivity (Wildman–Crippen MR) is 73.0 cm³/mol. The molecule has 0 fully saturated rings. The van der Waals surface area contributed by atoms with Gasteiger partial charge in [-0.1, -0.05) is 26.2 Å². The Kier molecular flexibility index (Phi) is 3.69. The van der Waals surface area contributed by atoms with Crippen molar-refractivity contribution in [2.75, 3.05) is 11.1 Å². The SMILES string of the molecule is CCCCCC1C(=O)Nc2cc(N)c([N+](=O)[O-])cc21. The van der Waals surface area contributed by atoms with Gasteiger partial charge < -0.3 is 11.1 Å². The van der Waals surface area contributed by atoms with Crippen molar-refractivity contribution in [1.29, 1.82) is 0 Å². The van der Waals surface area contributed by atoms with Gasteiger partial charge in [0.15, 0.2) is 0 Å². The summed E-state index contributed by atoms with van der Waals surface area (Å²) in [6, 6.07) is 2.91. The summed E-state index contributed by atoms with van der Waals surface area (Å²) in [6.07, 6.45) is 3.78. The van der Waals surface area contributed by atoms with Crippen molar-refractivity contribution >= 4 is 23.0 Å². The van der Waals surface area contributed by atoms with E-state index in [1.54, 1.807) is 0 Å². The Morgan fingerprint density at radius 1 is 1.42 bits per heavy atom. The number of nitro groups is 1. The number of carbonyl (C=O) groups excluding carboxylic acids is 1. The van der Waals surface area contributed by atoms with Crippen LogP contribution in [0.2, 0.25) is 0 Å². The first-order valence-corrected chi connectivity index (χ1v) is 6.43. The number of nitro benzene ring substituents is 1. The zero-order valence-electron chi connectivity index (χ0n) is 10.8. The molecule has 0 aliphatic carbocycles. The number of unbranched alkanes of at least 4 members (excludes halogenated alkanes) is 2. The highest BCUT2D eigenvalue weighted by molar-refractivity contribution is 6.04. The van der Waals surface area contributed by atoms with Crippen LogP contribution in [0.5, 0.6) is 0 Å². The number of amides is 1. The molecule has 0 saturated heterocycles. The molecule has 1 atom stereocenters. The summed E-state index contributed by atoms with van der Waals surface area (Å²) in [5.41, 5.74) is 6.87. The molecule has 1 aliphatic heterocycles. The summed E-state index contributed by atoms with van der Waals surface area (Å²) in [5.74, 6) is -0.383. The van der Waals surface area contributed by atoms with Crippen molar-refractivity contribution in [3.8, 4) is 0 Å². The van der Waals surface area contributed by atoms with Crippen LogP contribution >= 0.6 is 0 Å². The van der Waals surface area contributed by atoms with Gasteiger partial charge in [0.2, 0.25) is 5.91 Å². The Bertz CT molecular complexity index is 528. The maximum Gasteiger partial charge on any atom is 0.292 e. The van der Waals surface area contributed by atoms with Crippen molar-refractivity contribution in [3.05, 3.63) is 27.8 Å². The van der Waals surface area contributed by atoms with Crippen molar-refractivity contribution in [2.45, 2.75) is 38.5 Å². The van der Waals surface area contributed by atoms with Crippen LogP contribution in [-0.4, -0.2) is 10.8 Å². The van der Waals surface area contributed by atoms with Gasteiger partial charge in [0.05, 0.1) is 10.8 Å². The summed E-state index contributed by atoms with van der Waals surface area (Å²) in [6.45, 7) is 2.09. The molecule has 3 N–H and O–H groups in total. The van der Waals surface area contributed by atoms with E-state index in [9.17, 15) is 14.9 Å². The zero-order chi connectivity index (χ0) is 14.0. The highest BCUT2D eigenvalue weighted by Crippen LogP contribution is 2.40. The summed E-state index contributed by atoms with van der Waals surface area (Å²) < 4.78 is 0. The van der Waals surface area contributed by atoms with Crippen LogP contribution in [0.15, 0.2) is 12.1 Å². The maximum atomic E-state index is 11.9. The van der Waals surface area contributed by atoms with Gasteiger partial charge in [-0.25, -0.2) is 0 Å². The number of hydrogen-bond donors (Lipinski definition) is 2. The molecule has 6 nitrogen and oxygen atoms in total. The molecule has 0 bridgehead atoms. The second-order valence-electron chi connectivity index (χ2n) is 4.79. The monoisotopic (exact) mass is 263 g/mol. The quantitative estimate of drug-likeness (QED) is 0.369. The van der Waals surface area contributed by atoms with Gasteiger partial charge in [-0.05, 0) is 18.1 Å². The Morgan fingerprint density at radius 3 is 2.79 bits per heavy atom. The first kappa shape index (κ1) is 13.3. The van der Waals surface area contributed by atoms with E-state index in [4.69, 9.17) is 5.73 Å². The number of nitrogens with one attached hydrogen (secondary N) is 1.